The van der Waals surface area contributed by atoms with Gasteiger partial charge in [-0.05, 0) is 55.4 Å². The third kappa shape index (κ3) is 3.87. The second-order valence-corrected chi connectivity index (χ2v) is 5.89. The molecule has 1 aromatic rings. The van der Waals surface area contributed by atoms with Crippen LogP contribution < -0.4 is 0 Å². The molecule has 0 amide bonds. The fourth-order valence-corrected chi connectivity index (χ4v) is 3.19. The van der Waals surface area contributed by atoms with Gasteiger partial charge in [-0.2, -0.15) is 0 Å². The van der Waals surface area contributed by atoms with Crippen molar-refractivity contribution in [2.24, 2.45) is 11.8 Å². The fourth-order valence-electron chi connectivity index (χ4n) is 3.19. The molecular weight excluding hydrogens is 258 g/mol. The Morgan fingerprint density at radius 2 is 1.90 bits per heavy atom. The van der Waals surface area contributed by atoms with Crippen molar-refractivity contribution in [2.45, 2.75) is 51.9 Å². The minimum Gasteiger partial charge on any atom is -0.299 e. The molecule has 20 heavy (non-hydrogen) atoms. The predicted molar refractivity (Wildman–Crippen MR) is 75.4 cm³/mol. The van der Waals surface area contributed by atoms with Gasteiger partial charge in [0.1, 0.15) is 17.4 Å². The Morgan fingerprint density at radius 3 is 2.55 bits per heavy atom. The highest BCUT2D eigenvalue weighted by atomic mass is 19.1. The van der Waals surface area contributed by atoms with Gasteiger partial charge < -0.3 is 0 Å². The number of hydrogen-bond donors (Lipinski definition) is 0. The predicted octanol–water partition coefficient (Wildman–Crippen LogP) is 4.68. The van der Waals surface area contributed by atoms with E-state index in [1.165, 1.54) is 12.8 Å². The maximum atomic E-state index is 13.5. The summed E-state index contributed by atoms with van der Waals surface area (Å²) in [6.07, 6.45) is 6.44. The molecule has 1 nitrogen and oxygen atoms in total. The second kappa shape index (κ2) is 6.96. The third-order valence-corrected chi connectivity index (χ3v) is 4.37. The largest absolute Gasteiger partial charge is 0.299 e. The van der Waals surface area contributed by atoms with E-state index >= 15 is 0 Å². The van der Waals surface area contributed by atoms with Gasteiger partial charge >= 0.3 is 0 Å². The van der Waals surface area contributed by atoms with Crippen LogP contribution in [0.3, 0.4) is 0 Å². The van der Waals surface area contributed by atoms with Crippen LogP contribution in [0.4, 0.5) is 8.78 Å². The van der Waals surface area contributed by atoms with E-state index in [9.17, 15) is 13.6 Å². The molecule has 0 radical (unpaired) electrons. The molecule has 0 bridgehead atoms. The van der Waals surface area contributed by atoms with Gasteiger partial charge in [-0.1, -0.05) is 19.8 Å². The monoisotopic (exact) mass is 280 g/mol. The zero-order valence-electron chi connectivity index (χ0n) is 12.0. The van der Waals surface area contributed by atoms with E-state index < -0.39 is 11.6 Å². The van der Waals surface area contributed by atoms with E-state index in [0.29, 0.717) is 0 Å². The molecule has 0 saturated heterocycles. The number of halogens is 2. The summed E-state index contributed by atoms with van der Waals surface area (Å²) < 4.78 is 26.6. The first-order valence-electron chi connectivity index (χ1n) is 7.56. The smallest absolute Gasteiger partial charge is 0.140 e. The van der Waals surface area contributed by atoms with Crippen LogP contribution >= 0.6 is 0 Å². The average Bonchev–Trinajstić information content (AvgIpc) is 2.44. The Bertz CT molecular complexity index is 462. The number of hydrogen-bond acceptors (Lipinski definition) is 1. The molecule has 110 valence electrons. The van der Waals surface area contributed by atoms with Crippen LogP contribution in [0, 0.1) is 23.5 Å². The quantitative estimate of drug-likeness (QED) is 0.765. The lowest BCUT2D eigenvalue weighted by Gasteiger charge is -2.27. The van der Waals surface area contributed by atoms with Gasteiger partial charge in [0.25, 0.3) is 0 Å². The highest BCUT2D eigenvalue weighted by Gasteiger charge is 2.26. The van der Waals surface area contributed by atoms with Gasteiger partial charge in [-0.3, -0.25) is 4.79 Å². The standard InChI is InChI=1S/C17H22F2O/c1-2-3-12-4-6-13(7-5-12)17(20)11-14-10-15(18)8-9-16(14)19/h8-10,12-13H,2-7,11H2,1H3. The van der Waals surface area contributed by atoms with Crippen LogP contribution in [-0.2, 0) is 11.2 Å². The Balaban J connectivity index is 1.91. The Hall–Kier alpha value is -1.25. The van der Waals surface area contributed by atoms with Gasteiger partial charge in [0, 0.05) is 12.3 Å². The van der Waals surface area contributed by atoms with Crippen LogP contribution in [0.1, 0.15) is 51.0 Å². The molecule has 0 aliphatic heterocycles. The first-order chi connectivity index (χ1) is 9.60. The molecule has 1 saturated carbocycles. The van der Waals surface area contributed by atoms with Crippen LogP contribution in [0.25, 0.3) is 0 Å². The molecule has 0 aromatic heterocycles. The molecule has 1 aliphatic carbocycles. The number of Topliss-reactive ketones (excluding diaryl/α,β-unsaturated/α-hetero) is 1. The first-order valence-corrected chi connectivity index (χ1v) is 7.56. The number of ketones is 1. The molecule has 1 aromatic carbocycles. The third-order valence-electron chi connectivity index (χ3n) is 4.37. The summed E-state index contributed by atoms with van der Waals surface area (Å²) in [7, 11) is 0. The normalized spacial score (nSPS) is 22.8. The maximum Gasteiger partial charge on any atom is 0.140 e. The van der Waals surface area contributed by atoms with E-state index in [4.69, 9.17) is 0 Å². The highest BCUT2D eigenvalue weighted by Crippen LogP contribution is 2.32. The van der Waals surface area contributed by atoms with E-state index in [2.05, 4.69) is 6.92 Å². The van der Waals surface area contributed by atoms with E-state index in [0.717, 1.165) is 49.8 Å². The van der Waals surface area contributed by atoms with E-state index in [-0.39, 0.29) is 23.7 Å². The minimum atomic E-state index is -0.487. The molecule has 2 rings (SSSR count). The van der Waals surface area contributed by atoms with Gasteiger partial charge in [0.05, 0.1) is 0 Å². The fraction of sp³-hybridized carbons (Fsp3) is 0.588. The lowest BCUT2D eigenvalue weighted by Crippen LogP contribution is -2.23. The molecule has 1 fully saturated rings. The maximum absolute atomic E-state index is 13.5. The van der Waals surface area contributed by atoms with Crippen molar-refractivity contribution in [2.75, 3.05) is 0 Å². The van der Waals surface area contributed by atoms with E-state index in [1.807, 2.05) is 0 Å². The van der Waals surface area contributed by atoms with Crippen molar-refractivity contribution in [1.29, 1.82) is 0 Å². The second-order valence-electron chi connectivity index (χ2n) is 5.89. The molecular formula is C17H22F2O. The number of benzene rings is 1. The van der Waals surface area contributed by atoms with Crippen LogP contribution in [0.2, 0.25) is 0 Å². The van der Waals surface area contributed by atoms with Crippen molar-refractivity contribution in [3.63, 3.8) is 0 Å². The van der Waals surface area contributed by atoms with Gasteiger partial charge in [0.2, 0.25) is 0 Å². The zero-order valence-corrected chi connectivity index (χ0v) is 12.0. The van der Waals surface area contributed by atoms with Crippen molar-refractivity contribution >= 4 is 5.78 Å². The Morgan fingerprint density at radius 1 is 1.20 bits per heavy atom. The summed E-state index contributed by atoms with van der Waals surface area (Å²) in [5.41, 5.74) is 0.186. The lowest BCUT2D eigenvalue weighted by molar-refractivity contribution is -0.123. The van der Waals surface area contributed by atoms with Crippen LogP contribution in [-0.4, -0.2) is 5.78 Å². The molecule has 0 spiro atoms. The molecule has 0 heterocycles. The Labute approximate surface area is 119 Å². The van der Waals surface area contributed by atoms with Crippen molar-refractivity contribution in [3.05, 3.63) is 35.4 Å². The first kappa shape index (κ1) is 15.1. The molecule has 0 atom stereocenters. The SMILES string of the molecule is CCCC1CCC(C(=O)Cc2cc(F)ccc2F)CC1. The lowest BCUT2D eigenvalue weighted by atomic mass is 9.77. The molecule has 0 N–H and O–H groups in total. The summed E-state index contributed by atoms with van der Waals surface area (Å²) in [5, 5.41) is 0. The van der Waals surface area contributed by atoms with Crippen molar-refractivity contribution < 1.29 is 13.6 Å². The zero-order chi connectivity index (χ0) is 14.5. The summed E-state index contributed by atoms with van der Waals surface area (Å²) in [6.45, 7) is 2.18. The highest BCUT2D eigenvalue weighted by molar-refractivity contribution is 5.83. The average molecular weight is 280 g/mol. The molecule has 1 aliphatic rings. The molecule has 0 unspecified atom stereocenters. The minimum absolute atomic E-state index is 0.0205. The number of carbonyl (C=O) groups is 1. The van der Waals surface area contributed by atoms with Gasteiger partial charge in [-0.25, -0.2) is 8.78 Å². The van der Waals surface area contributed by atoms with Gasteiger partial charge in [0.15, 0.2) is 0 Å². The van der Waals surface area contributed by atoms with Crippen molar-refractivity contribution in [3.8, 4) is 0 Å². The number of carbonyl (C=O) groups excluding carboxylic acids is 1. The Kier molecular flexibility index (Phi) is 5.27. The molecule has 3 heteroatoms. The summed E-state index contributed by atoms with van der Waals surface area (Å²) in [5.74, 6) is -0.134. The van der Waals surface area contributed by atoms with Crippen LogP contribution in [0.15, 0.2) is 18.2 Å². The topological polar surface area (TPSA) is 17.1 Å². The van der Waals surface area contributed by atoms with E-state index in [1.54, 1.807) is 0 Å². The van der Waals surface area contributed by atoms with Crippen LogP contribution in [0.5, 0.6) is 0 Å². The number of rotatable bonds is 5. The summed E-state index contributed by atoms with van der Waals surface area (Å²) in [6, 6.07) is 3.31. The summed E-state index contributed by atoms with van der Waals surface area (Å²) in [4.78, 5) is 12.2. The summed E-state index contributed by atoms with van der Waals surface area (Å²) >= 11 is 0. The van der Waals surface area contributed by atoms with Crippen molar-refractivity contribution in [1.82, 2.24) is 0 Å². The van der Waals surface area contributed by atoms with Gasteiger partial charge in [-0.15, -0.1) is 0 Å².